The maximum absolute atomic E-state index is 11.7. The van der Waals surface area contributed by atoms with Crippen LogP contribution in [0.4, 0.5) is 0 Å². The van der Waals surface area contributed by atoms with Crippen LogP contribution < -0.4 is 0 Å². The van der Waals surface area contributed by atoms with Gasteiger partial charge in [-0.2, -0.15) is 5.10 Å². The summed E-state index contributed by atoms with van der Waals surface area (Å²) in [6.07, 6.45) is 4.13. The molecule has 0 spiro atoms. The number of aryl methyl sites for hydroxylation is 1. The summed E-state index contributed by atoms with van der Waals surface area (Å²) in [7, 11) is 0. The van der Waals surface area contributed by atoms with Gasteiger partial charge < -0.3 is 5.11 Å². The average Bonchev–Trinajstić information content (AvgIpc) is 2.66. The zero-order valence-corrected chi connectivity index (χ0v) is 9.51. The molecule has 0 amide bonds. The molecule has 1 aromatic heterocycles. The molecule has 0 aliphatic rings. The van der Waals surface area contributed by atoms with Crippen LogP contribution in [0.2, 0.25) is 0 Å². The van der Waals surface area contributed by atoms with E-state index in [1.807, 2.05) is 6.92 Å². The number of ketones is 1. The molecule has 1 N–H and O–H groups in total. The fourth-order valence-corrected chi connectivity index (χ4v) is 1.34. The monoisotopic (exact) mass is 224 g/mol. The van der Waals surface area contributed by atoms with Gasteiger partial charge in [-0.15, -0.1) is 0 Å². The Bertz CT molecular complexity index is 384. The molecule has 0 fully saturated rings. The Labute approximate surface area is 94.1 Å². The van der Waals surface area contributed by atoms with Crippen molar-refractivity contribution in [2.45, 2.75) is 33.2 Å². The van der Waals surface area contributed by atoms with E-state index in [0.29, 0.717) is 5.56 Å². The van der Waals surface area contributed by atoms with E-state index in [2.05, 4.69) is 5.10 Å². The molecule has 0 aromatic carbocycles. The van der Waals surface area contributed by atoms with Crippen molar-refractivity contribution in [3.63, 3.8) is 0 Å². The molecule has 0 saturated carbocycles. The largest absolute Gasteiger partial charge is 0.481 e. The molecule has 0 aliphatic heterocycles. The minimum absolute atomic E-state index is 0.0210. The second-order valence-electron chi connectivity index (χ2n) is 3.86. The van der Waals surface area contributed by atoms with Crippen LogP contribution in [-0.4, -0.2) is 26.6 Å². The Morgan fingerprint density at radius 3 is 2.81 bits per heavy atom. The van der Waals surface area contributed by atoms with Gasteiger partial charge in [0.1, 0.15) is 0 Å². The molecule has 16 heavy (non-hydrogen) atoms. The number of aromatic nitrogens is 2. The molecule has 5 heteroatoms. The number of hydrogen-bond donors (Lipinski definition) is 1. The molecular weight excluding hydrogens is 208 g/mol. The summed E-state index contributed by atoms with van der Waals surface area (Å²) in [6, 6.07) is 0. The topological polar surface area (TPSA) is 72.2 Å². The third kappa shape index (κ3) is 3.18. The van der Waals surface area contributed by atoms with E-state index in [9.17, 15) is 9.59 Å². The highest BCUT2D eigenvalue weighted by Gasteiger charge is 2.17. The Kier molecular flexibility index (Phi) is 4.22. The number of aliphatic carboxylic acids is 1. The van der Waals surface area contributed by atoms with Gasteiger partial charge in [-0.05, 0) is 6.42 Å². The van der Waals surface area contributed by atoms with Crippen LogP contribution >= 0.6 is 0 Å². The lowest BCUT2D eigenvalue weighted by Gasteiger charge is -2.02. The van der Waals surface area contributed by atoms with E-state index >= 15 is 0 Å². The van der Waals surface area contributed by atoms with Crippen molar-refractivity contribution < 1.29 is 14.7 Å². The normalized spacial score (nSPS) is 12.4. The Morgan fingerprint density at radius 1 is 1.56 bits per heavy atom. The number of Topliss-reactive ketones (excluding diaryl/α,β-unsaturated/α-hetero) is 1. The lowest BCUT2D eigenvalue weighted by molar-refractivity contribution is -0.141. The first kappa shape index (κ1) is 12.4. The van der Waals surface area contributed by atoms with Crippen LogP contribution in [0.25, 0.3) is 0 Å². The summed E-state index contributed by atoms with van der Waals surface area (Å²) in [6.45, 7) is 4.31. The van der Waals surface area contributed by atoms with Crippen LogP contribution in [0.5, 0.6) is 0 Å². The summed E-state index contributed by atoms with van der Waals surface area (Å²) >= 11 is 0. The maximum atomic E-state index is 11.7. The summed E-state index contributed by atoms with van der Waals surface area (Å²) in [5, 5.41) is 12.7. The lowest BCUT2D eigenvalue weighted by atomic mass is 10.0. The van der Waals surface area contributed by atoms with Crippen molar-refractivity contribution in [2.75, 3.05) is 0 Å². The molecule has 0 bridgehead atoms. The molecule has 1 aromatic rings. The first-order chi connectivity index (χ1) is 7.54. The molecule has 88 valence electrons. The molecular formula is C11H16N2O3. The molecule has 0 saturated heterocycles. The minimum Gasteiger partial charge on any atom is -0.481 e. The van der Waals surface area contributed by atoms with E-state index in [0.717, 1.165) is 13.0 Å². The SMILES string of the molecule is CCCn1cc(C(=O)CC(C)C(=O)O)cn1. The van der Waals surface area contributed by atoms with Crippen molar-refractivity contribution in [1.29, 1.82) is 0 Å². The van der Waals surface area contributed by atoms with Crippen LogP contribution in [0, 0.1) is 5.92 Å². The number of carbonyl (C=O) groups excluding carboxylic acids is 1. The molecule has 5 nitrogen and oxygen atoms in total. The molecule has 1 heterocycles. The highest BCUT2D eigenvalue weighted by molar-refractivity contribution is 5.97. The summed E-state index contributed by atoms with van der Waals surface area (Å²) in [5.74, 6) is -1.77. The van der Waals surface area contributed by atoms with E-state index in [-0.39, 0.29) is 12.2 Å². The van der Waals surface area contributed by atoms with E-state index in [1.54, 1.807) is 10.9 Å². The van der Waals surface area contributed by atoms with Gasteiger partial charge in [0.05, 0.1) is 17.7 Å². The Morgan fingerprint density at radius 2 is 2.25 bits per heavy atom. The number of rotatable bonds is 6. The zero-order chi connectivity index (χ0) is 12.1. The van der Waals surface area contributed by atoms with Crippen LogP contribution in [-0.2, 0) is 11.3 Å². The fourth-order valence-electron chi connectivity index (χ4n) is 1.34. The highest BCUT2D eigenvalue weighted by Crippen LogP contribution is 2.09. The predicted molar refractivity (Wildman–Crippen MR) is 58.3 cm³/mol. The summed E-state index contributed by atoms with van der Waals surface area (Å²) in [5.41, 5.74) is 0.488. The van der Waals surface area contributed by atoms with Gasteiger partial charge in [0.2, 0.25) is 0 Å². The average molecular weight is 224 g/mol. The number of carboxylic acids is 1. The Balaban J connectivity index is 2.62. The molecule has 0 radical (unpaired) electrons. The number of hydrogen-bond acceptors (Lipinski definition) is 3. The predicted octanol–water partition coefficient (Wildman–Crippen LogP) is 1.59. The van der Waals surface area contributed by atoms with E-state index in [1.165, 1.54) is 13.1 Å². The second-order valence-corrected chi connectivity index (χ2v) is 3.86. The van der Waals surface area contributed by atoms with Crippen LogP contribution in [0.3, 0.4) is 0 Å². The van der Waals surface area contributed by atoms with Gasteiger partial charge in [0.15, 0.2) is 5.78 Å². The van der Waals surface area contributed by atoms with Crippen molar-refractivity contribution in [1.82, 2.24) is 9.78 Å². The van der Waals surface area contributed by atoms with Crippen LogP contribution in [0.15, 0.2) is 12.4 Å². The van der Waals surface area contributed by atoms with Gasteiger partial charge in [0.25, 0.3) is 0 Å². The first-order valence-electron chi connectivity index (χ1n) is 5.33. The number of nitrogens with zero attached hydrogens (tertiary/aromatic N) is 2. The minimum atomic E-state index is -0.950. The van der Waals surface area contributed by atoms with Crippen molar-refractivity contribution in [3.05, 3.63) is 18.0 Å². The quantitative estimate of drug-likeness (QED) is 0.745. The number of carboxylic acid groups (broad SMARTS) is 1. The van der Waals surface area contributed by atoms with Crippen molar-refractivity contribution >= 4 is 11.8 Å². The third-order valence-electron chi connectivity index (χ3n) is 2.32. The molecule has 1 unspecified atom stereocenters. The number of carbonyl (C=O) groups is 2. The van der Waals surface area contributed by atoms with Crippen molar-refractivity contribution in [3.8, 4) is 0 Å². The second kappa shape index (κ2) is 5.44. The zero-order valence-electron chi connectivity index (χ0n) is 9.51. The molecule has 1 rings (SSSR count). The Hall–Kier alpha value is -1.65. The maximum Gasteiger partial charge on any atom is 0.306 e. The summed E-state index contributed by atoms with van der Waals surface area (Å²) < 4.78 is 1.69. The van der Waals surface area contributed by atoms with Gasteiger partial charge in [0, 0.05) is 19.2 Å². The third-order valence-corrected chi connectivity index (χ3v) is 2.32. The standard InChI is InChI=1S/C11H16N2O3/c1-3-4-13-7-9(6-12-13)10(14)5-8(2)11(15)16/h6-8H,3-5H2,1-2H3,(H,15,16). The molecule has 1 atom stereocenters. The smallest absolute Gasteiger partial charge is 0.306 e. The van der Waals surface area contributed by atoms with Gasteiger partial charge >= 0.3 is 5.97 Å². The van der Waals surface area contributed by atoms with Crippen LogP contribution in [0.1, 0.15) is 37.0 Å². The first-order valence-corrected chi connectivity index (χ1v) is 5.33. The van der Waals surface area contributed by atoms with Gasteiger partial charge in [-0.1, -0.05) is 13.8 Å². The van der Waals surface area contributed by atoms with E-state index < -0.39 is 11.9 Å². The fraction of sp³-hybridized carbons (Fsp3) is 0.545. The van der Waals surface area contributed by atoms with E-state index in [4.69, 9.17) is 5.11 Å². The van der Waals surface area contributed by atoms with Gasteiger partial charge in [-0.25, -0.2) is 0 Å². The van der Waals surface area contributed by atoms with Gasteiger partial charge in [-0.3, -0.25) is 14.3 Å². The lowest BCUT2D eigenvalue weighted by Crippen LogP contribution is -2.14. The van der Waals surface area contributed by atoms with Crippen molar-refractivity contribution in [2.24, 2.45) is 5.92 Å². The highest BCUT2D eigenvalue weighted by atomic mass is 16.4. The molecule has 0 aliphatic carbocycles. The summed E-state index contributed by atoms with van der Waals surface area (Å²) in [4.78, 5) is 22.3.